The lowest BCUT2D eigenvalue weighted by Crippen LogP contribution is -2.31. The van der Waals surface area contributed by atoms with Crippen LogP contribution in [0.5, 0.6) is 0 Å². The average Bonchev–Trinajstić information content (AvgIpc) is 2.91. The van der Waals surface area contributed by atoms with Crippen LogP contribution in [0.3, 0.4) is 0 Å². The lowest BCUT2D eigenvalue weighted by atomic mass is 9.86. The Balaban J connectivity index is 2.15. The standard InChI is InChI=1S/C33H46O6/c1-6-12-25-17-19-26(20-18-25)21-22-29(31(35)38-24-27-13-8-7-9-14-27)23-28(32(36)39-33(2,3)4)15-10-11-16-30(34)37-5/h7-9,13-14,17-20,28-29H,6,10-12,15-16,21-24H2,1-5H3. The number of esters is 3. The number of methoxy groups -OCH3 is 1. The van der Waals surface area contributed by atoms with Gasteiger partial charge in [0.25, 0.3) is 0 Å². The fourth-order valence-corrected chi connectivity index (χ4v) is 4.50. The highest BCUT2D eigenvalue weighted by atomic mass is 16.6. The quantitative estimate of drug-likeness (QED) is 0.130. The molecule has 0 aliphatic rings. The summed E-state index contributed by atoms with van der Waals surface area (Å²) in [5, 5.41) is 0. The zero-order valence-corrected chi connectivity index (χ0v) is 24.4. The summed E-state index contributed by atoms with van der Waals surface area (Å²) in [5.41, 5.74) is 2.74. The van der Waals surface area contributed by atoms with E-state index in [1.165, 1.54) is 12.7 Å². The van der Waals surface area contributed by atoms with E-state index >= 15 is 0 Å². The first-order valence-electron chi connectivity index (χ1n) is 14.2. The molecule has 0 amide bonds. The normalized spacial score (nSPS) is 12.8. The van der Waals surface area contributed by atoms with Crippen molar-refractivity contribution in [1.82, 2.24) is 0 Å². The van der Waals surface area contributed by atoms with Crippen LogP contribution in [-0.2, 0) is 48.0 Å². The van der Waals surface area contributed by atoms with Crippen LogP contribution in [0, 0.1) is 11.8 Å². The SMILES string of the molecule is CCCc1ccc(CCC(CC(CCCCC(=O)OC)C(=O)OC(C)(C)C)C(=O)OCc2ccccc2)cc1. The molecule has 6 nitrogen and oxygen atoms in total. The second kappa shape index (κ2) is 16.7. The van der Waals surface area contributed by atoms with E-state index in [0.717, 1.165) is 24.0 Å². The molecular formula is C33H46O6. The van der Waals surface area contributed by atoms with E-state index in [2.05, 4.69) is 31.2 Å². The Bertz CT molecular complexity index is 1010. The Morgan fingerprint density at radius 3 is 1.97 bits per heavy atom. The minimum atomic E-state index is -0.634. The van der Waals surface area contributed by atoms with Gasteiger partial charge < -0.3 is 14.2 Å². The maximum atomic E-state index is 13.3. The van der Waals surface area contributed by atoms with Crippen molar-refractivity contribution in [3.05, 3.63) is 71.3 Å². The Hall–Kier alpha value is -3.15. The molecule has 2 unspecified atom stereocenters. The highest BCUT2D eigenvalue weighted by Crippen LogP contribution is 2.27. The molecule has 0 saturated heterocycles. The van der Waals surface area contributed by atoms with E-state index in [1.807, 2.05) is 51.1 Å². The molecule has 2 aromatic carbocycles. The molecule has 0 radical (unpaired) electrons. The summed E-state index contributed by atoms with van der Waals surface area (Å²) in [5.74, 6) is -1.81. The zero-order valence-electron chi connectivity index (χ0n) is 24.4. The first kappa shape index (κ1) is 32.1. The van der Waals surface area contributed by atoms with Gasteiger partial charge in [0.2, 0.25) is 0 Å². The summed E-state index contributed by atoms with van der Waals surface area (Å²) < 4.78 is 16.2. The molecule has 0 spiro atoms. The van der Waals surface area contributed by atoms with Gasteiger partial charge >= 0.3 is 17.9 Å². The largest absolute Gasteiger partial charge is 0.469 e. The van der Waals surface area contributed by atoms with Crippen molar-refractivity contribution in [3.8, 4) is 0 Å². The van der Waals surface area contributed by atoms with Crippen LogP contribution >= 0.6 is 0 Å². The third kappa shape index (κ3) is 13.0. The van der Waals surface area contributed by atoms with Gasteiger partial charge in [0.15, 0.2) is 0 Å². The van der Waals surface area contributed by atoms with E-state index in [-0.39, 0.29) is 24.5 Å². The second-order valence-electron chi connectivity index (χ2n) is 11.2. The molecule has 0 aromatic heterocycles. The smallest absolute Gasteiger partial charge is 0.309 e. The molecule has 0 saturated carbocycles. The van der Waals surface area contributed by atoms with E-state index < -0.39 is 17.4 Å². The topological polar surface area (TPSA) is 78.9 Å². The minimum Gasteiger partial charge on any atom is -0.469 e. The summed E-state index contributed by atoms with van der Waals surface area (Å²) in [4.78, 5) is 38.1. The number of ether oxygens (including phenoxy) is 3. The second-order valence-corrected chi connectivity index (χ2v) is 11.2. The van der Waals surface area contributed by atoms with Gasteiger partial charge in [-0.3, -0.25) is 14.4 Å². The first-order chi connectivity index (χ1) is 18.6. The maximum absolute atomic E-state index is 13.3. The number of unbranched alkanes of at least 4 members (excludes halogenated alkanes) is 1. The number of benzene rings is 2. The average molecular weight is 539 g/mol. The summed E-state index contributed by atoms with van der Waals surface area (Å²) >= 11 is 0. The lowest BCUT2D eigenvalue weighted by Gasteiger charge is -2.26. The van der Waals surface area contributed by atoms with E-state index in [4.69, 9.17) is 14.2 Å². The fourth-order valence-electron chi connectivity index (χ4n) is 4.50. The molecule has 0 bridgehead atoms. The van der Waals surface area contributed by atoms with Crippen molar-refractivity contribution >= 4 is 17.9 Å². The van der Waals surface area contributed by atoms with Crippen LogP contribution in [0.15, 0.2) is 54.6 Å². The van der Waals surface area contributed by atoms with Crippen molar-refractivity contribution < 1.29 is 28.6 Å². The minimum absolute atomic E-state index is 0.193. The molecule has 2 aromatic rings. The summed E-state index contributed by atoms with van der Waals surface area (Å²) in [6, 6.07) is 18.1. The van der Waals surface area contributed by atoms with Crippen molar-refractivity contribution in [1.29, 1.82) is 0 Å². The van der Waals surface area contributed by atoms with Crippen molar-refractivity contribution in [3.63, 3.8) is 0 Å². The van der Waals surface area contributed by atoms with Gasteiger partial charge in [0.1, 0.15) is 12.2 Å². The Morgan fingerprint density at radius 1 is 0.769 bits per heavy atom. The highest BCUT2D eigenvalue weighted by molar-refractivity contribution is 5.76. The van der Waals surface area contributed by atoms with Crippen LogP contribution in [0.4, 0.5) is 0 Å². The molecule has 39 heavy (non-hydrogen) atoms. The predicted molar refractivity (Wildman–Crippen MR) is 153 cm³/mol. The van der Waals surface area contributed by atoms with E-state index in [9.17, 15) is 14.4 Å². The van der Waals surface area contributed by atoms with Crippen molar-refractivity contribution in [2.24, 2.45) is 11.8 Å². The maximum Gasteiger partial charge on any atom is 0.309 e. The van der Waals surface area contributed by atoms with Crippen LogP contribution in [0.1, 0.15) is 89.3 Å². The molecule has 2 atom stereocenters. The Labute approximate surface area is 234 Å². The van der Waals surface area contributed by atoms with Gasteiger partial charge in [-0.05, 0) is 76.0 Å². The van der Waals surface area contributed by atoms with Crippen molar-refractivity contribution in [2.45, 2.75) is 97.7 Å². The molecule has 214 valence electrons. The molecule has 0 aliphatic carbocycles. The number of carbonyl (C=O) groups is 3. The Kier molecular flexibility index (Phi) is 13.8. The van der Waals surface area contributed by atoms with Crippen LogP contribution in [0.25, 0.3) is 0 Å². The molecule has 0 fully saturated rings. The van der Waals surface area contributed by atoms with Crippen LogP contribution < -0.4 is 0 Å². The van der Waals surface area contributed by atoms with Gasteiger partial charge in [0.05, 0.1) is 18.9 Å². The summed E-state index contributed by atoms with van der Waals surface area (Å²) in [6.45, 7) is 7.88. The number of hydrogen-bond acceptors (Lipinski definition) is 6. The first-order valence-corrected chi connectivity index (χ1v) is 14.2. The third-order valence-electron chi connectivity index (χ3n) is 6.62. The van der Waals surface area contributed by atoms with Gasteiger partial charge in [-0.1, -0.05) is 74.4 Å². The van der Waals surface area contributed by atoms with Gasteiger partial charge in [-0.2, -0.15) is 0 Å². The Morgan fingerprint density at radius 2 is 1.38 bits per heavy atom. The molecular weight excluding hydrogens is 492 g/mol. The molecule has 0 heterocycles. The highest BCUT2D eigenvalue weighted by Gasteiger charge is 2.31. The third-order valence-corrected chi connectivity index (χ3v) is 6.62. The number of carbonyl (C=O) groups excluding carboxylic acids is 3. The van der Waals surface area contributed by atoms with Crippen LogP contribution in [-0.4, -0.2) is 30.6 Å². The molecule has 0 aliphatic heterocycles. The fraction of sp³-hybridized carbons (Fsp3) is 0.545. The zero-order chi connectivity index (χ0) is 28.7. The van der Waals surface area contributed by atoms with Gasteiger partial charge in [0, 0.05) is 6.42 Å². The van der Waals surface area contributed by atoms with Gasteiger partial charge in [-0.15, -0.1) is 0 Å². The summed E-state index contributed by atoms with van der Waals surface area (Å²) in [6.07, 6.45) is 5.86. The molecule has 0 N–H and O–H groups in total. The number of hydrogen-bond donors (Lipinski definition) is 0. The molecule has 2 rings (SSSR count). The number of aryl methyl sites for hydroxylation is 2. The lowest BCUT2D eigenvalue weighted by molar-refractivity contribution is -0.162. The van der Waals surface area contributed by atoms with Gasteiger partial charge in [-0.25, -0.2) is 0 Å². The van der Waals surface area contributed by atoms with Crippen molar-refractivity contribution in [2.75, 3.05) is 7.11 Å². The molecule has 6 heteroatoms. The predicted octanol–water partition coefficient (Wildman–Crippen LogP) is 7.01. The van der Waals surface area contributed by atoms with E-state index in [1.54, 1.807) is 0 Å². The monoisotopic (exact) mass is 538 g/mol. The number of rotatable bonds is 16. The summed E-state index contributed by atoms with van der Waals surface area (Å²) in [7, 11) is 1.37. The van der Waals surface area contributed by atoms with E-state index in [0.29, 0.717) is 44.9 Å². The van der Waals surface area contributed by atoms with Crippen LogP contribution in [0.2, 0.25) is 0 Å².